The van der Waals surface area contributed by atoms with Crippen molar-refractivity contribution in [3.05, 3.63) is 34.3 Å². The summed E-state index contributed by atoms with van der Waals surface area (Å²) in [5.41, 5.74) is 0.695. The highest BCUT2D eigenvalue weighted by Gasteiger charge is 2.20. The number of hydrogen-bond acceptors (Lipinski definition) is 3. The van der Waals surface area contributed by atoms with Gasteiger partial charge in [0.25, 0.3) is 5.91 Å². The van der Waals surface area contributed by atoms with E-state index in [1.807, 2.05) is 24.3 Å². The third-order valence-corrected chi connectivity index (χ3v) is 3.97. The first kappa shape index (κ1) is 14.5. The molecule has 0 atom stereocenters. The maximum absolute atomic E-state index is 12.1. The number of carbonyl (C=O) groups excluding carboxylic acids is 1. The molecule has 1 aliphatic heterocycles. The van der Waals surface area contributed by atoms with Gasteiger partial charge in [-0.2, -0.15) is 0 Å². The molecule has 1 aromatic carbocycles. The van der Waals surface area contributed by atoms with Gasteiger partial charge in [-0.3, -0.25) is 4.79 Å². The van der Waals surface area contributed by atoms with Crippen molar-refractivity contribution in [2.45, 2.75) is 18.9 Å². The lowest BCUT2D eigenvalue weighted by Crippen LogP contribution is -2.45. The van der Waals surface area contributed by atoms with Crippen molar-refractivity contribution < 1.29 is 9.90 Å². The SMILES string of the molecule is O=C(NC1CCN(CCO)CC1)c1ccc(Br)cc1. The number of nitrogens with zero attached hydrogens (tertiary/aromatic N) is 1. The number of likely N-dealkylation sites (tertiary alicyclic amines) is 1. The fourth-order valence-corrected chi connectivity index (χ4v) is 2.58. The van der Waals surface area contributed by atoms with Gasteiger partial charge < -0.3 is 15.3 Å². The van der Waals surface area contributed by atoms with Crippen LogP contribution in [-0.2, 0) is 0 Å². The normalized spacial score (nSPS) is 17.4. The molecule has 2 rings (SSSR count). The molecule has 0 bridgehead atoms. The minimum absolute atomic E-state index is 0.00638. The van der Waals surface area contributed by atoms with E-state index in [2.05, 4.69) is 26.1 Å². The Morgan fingerprint density at radius 1 is 1.32 bits per heavy atom. The number of nitrogens with one attached hydrogen (secondary N) is 1. The summed E-state index contributed by atoms with van der Waals surface area (Å²) in [7, 11) is 0. The van der Waals surface area contributed by atoms with Gasteiger partial charge in [0.05, 0.1) is 6.61 Å². The minimum atomic E-state index is -0.00638. The number of benzene rings is 1. The van der Waals surface area contributed by atoms with Crippen molar-refractivity contribution in [1.29, 1.82) is 0 Å². The van der Waals surface area contributed by atoms with Crippen LogP contribution in [0.5, 0.6) is 0 Å². The number of β-amino-alcohol motifs (C(OH)–C–C–N with tert-alkyl or cyclic N) is 1. The molecule has 0 aromatic heterocycles. The monoisotopic (exact) mass is 326 g/mol. The number of carbonyl (C=O) groups is 1. The van der Waals surface area contributed by atoms with E-state index in [4.69, 9.17) is 5.11 Å². The predicted octanol–water partition coefficient (Wildman–Crippen LogP) is 1.64. The van der Waals surface area contributed by atoms with Gasteiger partial charge in [-0.25, -0.2) is 0 Å². The molecular formula is C14H19BrN2O2. The van der Waals surface area contributed by atoms with Gasteiger partial charge in [0.15, 0.2) is 0 Å². The maximum atomic E-state index is 12.1. The van der Waals surface area contributed by atoms with E-state index in [1.54, 1.807) is 0 Å². The topological polar surface area (TPSA) is 52.6 Å². The van der Waals surface area contributed by atoms with Crippen molar-refractivity contribution in [1.82, 2.24) is 10.2 Å². The molecule has 1 aromatic rings. The van der Waals surface area contributed by atoms with Gasteiger partial charge in [0.1, 0.15) is 0 Å². The zero-order valence-corrected chi connectivity index (χ0v) is 12.4. The van der Waals surface area contributed by atoms with Crippen LogP contribution in [0.1, 0.15) is 23.2 Å². The summed E-state index contributed by atoms with van der Waals surface area (Å²) < 4.78 is 0.973. The van der Waals surface area contributed by atoms with Gasteiger partial charge >= 0.3 is 0 Å². The van der Waals surface area contributed by atoms with Crippen LogP contribution in [0.25, 0.3) is 0 Å². The van der Waals surface area contributed by atoms with Crippen molar-refractivity contribution in [2.24, 2.45) is 0 Å². The Bertz CT molecular complexity index is 414. The average molecular weight is 327 g/mol. The van der Waals surface area contributed by atoms with Crippen LogP contribution in [-0.4, -0.2) is 48.2 Å². The second-order valence-electron chi connectivity index (χ2n) is 4.82. The second-order valence-corrected chi connectivity index (χ2v) is 5.74. The van der Waals surface area contributed by atoms with Crippen LogP contribution in [0.4, 0.5) is 0 Å². The Labute approximate surface area is 121 Å². The summed E-state index contributed by atoms with van der Waals surface area (Å²) in [6.07, 6.45) is 1.89. The zero-order chi connectivity index (χ0) is 13.7. The van der Waals surface area contributed by atoms with E-state index >= 15 is 0 Å². The number of rotatable bonds is 4. The second kappa shape index (κ2) is 7.03. The lowest BCUT2D eigenvalue weighted by Gasteiger charge is -2.31. The summed E-state index contributed by atoms with van der Waals surface area (Å²) in [5.74, 6) is -0.00638. The van der Waals surface area contributed by atoms with E-state index in [9.17, 15) is 4.79 Å². The molecule has 0 saturated carbocycles. The summed E-state index contributed by atoms with van der Waals surface area (Å²) in [4.78, 5) is 14.3. The molecule has 5 heteroatoms. The lowest BCUT2D eigenvalue weighted by atomic mass is 10.0. The first-order valence-corrected chi connectivity index (χ1v) is 7.38. The van der Waals surface area contributed by atoms with Gasteiger partial charge in [-0.1, -0.05) is 15.9 Å². The molecular weight excluding hydrogens is 308 g/mol. The Balaban J connectivity index is 1.82. The number of aliphatic hydroxyl groups excluding tert-OH is 1. The molecule has 2 N–H and O–H groups in total. The molecule has 104 valence electrons. The summed E-state index contributed by atoms with van der Waals surface area (Å²) in [6, 6.07) is 7.63. The highest BCUT2D eigenvalue weighted by atomic mass is 79.9. The quantitative estimate of drug-likeness (QED) is 0.884. The number of amides is 1. The van der Waals surface area contributed by atoms with E-state index in [0.29, 0.717) is 5.56 Å². The third-order valence-electron chi connectivity index (χ3n) is 3.45. The molecule has 4 nitrogen and oxygen atoms in total. The van der Waals surface area contributed by atoms with E-state index < -0.39 is 0 Å². The zero-order valence-electron chi connectivity index (χ0n) is 10.8. The van der Waals surface area contributed by atoms with E-state index in [0.717, 1.165) is 36.9 Å². The molecule has 0 aliphatic carbocycles. The molecule has 0 radical (unpaired) electrons. The highest BCUT2D eigenvalue weighted by molar-refractivity contribution is 9.10. The first-order valence-electron chi connectivity index (χ1n) is 6.58. The Hall–Kier alpha value is -0.910. The smallest absolute Gasteiger partial charge is 0.251 e. The number of halogens is 1. The van der Waals surface area contributed by atoms with Gasteiger partial charge in [0, 0.05) is 35.7 Å². The van der Waals surface area contributed by atoms with Gasteiger partial charge in [-0.15, -0.1) is 0 Å². The van der Waals surface area contributed by atoms with Crippen molar-refractivity contribution in [3.8, 4) is 0 Å². The van der Waals surface area contributed by atoms with Crippen LogP contribution in [0.15, 0.2) is 28.7 Å². The van der Waals surface area contributed by atoms with E-state index in [-0.39, 0.29) is 18.6 Å². The largest absolute Gasteiger partial charge is 0.395 e. The van der Waals surface area contributed by atoms with Crippen LogP contribution < -0.4 is 5.32 Å². The standard InChI is InChI=1S/C14H19BrN2O2/c15-12-3-1-11(2-4-12)14(19)16-13-5-7-17(8-6-13)9-10-18/h1-4,13,18H,5-10H2,(H,16,19). The Morgan fingerprint density at radius 2 is 1.95 bits per heavy atom. The van der Waals surface area contributed by atoms with E-state index in [1.165, 1.54) is 0 Å². The van der Waals surface area contributed by atoms with Crippen LogP contribution in [0.3, 0.4) is 0 Å². The van der Waals surface area contributed by atoms with Gasteiger partial charge in [0.2, 0.25) is 0 Å². The number of aliphatic hydroxyl groups is 1. The van der Waals surface area contributed by atoms with Crippen molar-refractivity contribution >= 4 is 21.8 Å². The summed E-state index contributed by atoms with van der Waals surface area (Å²) in [6.45, 7) is 2.81. The van der Waals surface area contributed by atoms with Crippen LogP contribution in [0, 0.1) is 0 Å². The number of piperidine rings is 1. The Morgan fingerprint density at radius 3 is 2.53 bits per heavy atom. The van der Waals surface area contributed by atoms with Crippen LogP contribution in [0.2, 0.25) is 0 Å². The van der Waals surface area contributed by atoms with Crippen LogP contribution >= 0.6 is 15.9 Å². The maximum Gasteiger partial charge on any atom is 0.251 e. The summed E-state index contributed by atoms with van der Waals surface area (Å²) >= 11 is 3.36. The highest BCUT2D eigenvalue weighted by Crippen LogP contribution is 2.13. The summed E-state index contributed by atoms with van der Waals surface area (Å²) in [5, 5.41) is 12.0. The molecule has 0 unspecified atom stereocenters. The fraction of sp³-hybridized carbons (Fsp3) is 0.500. The molecule has 0 spiro atoms. The fourth-order valence-electron chi connectivity index (χ4n) is 2.31. The first-order chi connectivity index (χ1) is 9.19. The average Bonchev–Trinajstić information content (AvgIpc) is 2.42. The molecule has 1 saturated heterocycles. The third kappa shape index (κ3) is 4.30. The van der Waals surface area contributed by atoms with Crippen molar-refractivity contribution in [3.63, 3.8) is 0 Å². The molecule has 1 amide bonds. The predicted molar refractivity (Wildman–Crippen MR) is 78.2 cm³/mol. The Kier molecular flexibility index (Phi) is 5.36. The molecule has 1 fully saturated rings. The minimum Gasteiger partial charge on any atom is -0.395 e. The lowest BCUT2D eigenvalue weighted by molar-refractivity contribution is 0.0903. The number of hydrogen-bond donors (Lipinski definition) is 2. The van der Waals surface area contributed by atoms with Crippen molar-refractivity contribution in [2.75, 3.05) is 26.2 Å². The molecule has 1 aliphatic rings. The molecule has 1 heterocycles. The molecule has 19 heavy (non-hydrogen) atoms. The van der Waals surface area contributed by atoms with Gasteiger partial charge in [-0.05, 0) is 37.1 Å².